The van der Waals surface area contributed by atoms with E-state index in [1.807, 2.05) is 37.3 Å². The van der Waals surface area contributed by atoms with Crippen LogP contribution in [0.3, 0.4) is 0 Å². The van der Waals surface area contributed by atoms with E-state index < -0.39 is 10.0 Å². The van der Waals surface area contributed by atoms with E-state index in [1.165, 1.54) is 0 Å². The Bertz CT molecular complexity index is 1160. The van der Waals surface area contributed by atoms with E-state index in [9.17, 15) is 13.2 Å². The van der Waals surface area contributed by atoms with E-state index in [2.05, 4.69) is 9.71 Å². The second-order valence-corrected chi connectivity index (χ2v) is 8.80. The molecule has 0 spiro atoms. The van der Waals surface area contributed by atoms with Crippen LogP contribution in [0.2, 0.25) is 0 Å². The van der Waals surface area contributed by atoms with Crippen LogP contribution in [0.4, 0.5) is 11.4 Å². The Balaban J connectivity index is 1.57. The second kappa shape index (κ2) is 7.67. The topological polar surface area (TPSA) is 79.4 Å². The van der Waals surface area contributed by atoms with Gasteiger partial charge >= 0.3 is 0 Å². The molecule has 2 heterocycles. The van der Waals surface area contributed by atoms with Gasteiger partial charge in [0.05, 0.1) is 11.4 Å². The number of aromatic nitrogens is 1. The summed E-state index contributed by atoms with van der Waals surface area (Å²) in [7, 11) is -3.58. The summed E-state index contributed by atoms with van der Waals surface area (Å²) in [5.74, 6) is -0.220. The van der Waals surface area contributed by atoms with Gasteiger partial charge < -0.3 is 4.90 Å². The number of carbonyl (C=O) groups is 1. The highest BCUT2D eigenvalue weighted by Crippen LogP contribution is 2.32. The number of nitrogens with zero attached hydrogens (tertiary/aromatic N) is 2. The Morgan fingerprint density at radius 2 is 1.86 bits per heavy atom. The molecule has 0 bridgehead atoms. The zero-order valence-corrected chi connectivity index (χ0v) is 16.8. The summed E-state index contributed by atoms with van der Waals surface area (Å²) in [6.45, 7) is 2.46. The SMILES string of the molecule is Cc1ccccc1CS(=O)(=O)Nc1ccc2c(c1)N(C(=O)c1ccncc1)CC2. The minimum Gasteiger partial charge on any atom is -0.308 e. The predicted molar refractivity (Wildman–Crippen MR) is 113 cm³/mol. The van der Waals surface area contributed by atoms with Crippen LogP contribution in [0, 0.1) is 6.92 Å². The van der Waals surface area contributed by atoms with Gasteiger partial charge in [0, 0.05) is 30.2 Å². The molecule has 1 aliphatic heterocycles. The molecule has 1 amide bonds. The minimum atomic E-state index is -3.58. The van der Waals surface area contributed by atoms with E-state index in [1.54, 1.807) is 41.6 Å². The summed E-state index contributed by atoms with van der Waals surface area (Å²) in [5.41, 5.74) is 4.46. The van der Waals surface area contributed by atoms with Crippen LogP contribution in [0.5, 0.6) is 0 Å². The number of carbonyl (C=O) groups excluding carboxylic acids is 1. The van der Waals surface area contributed by atoms with Gasteiger partial charge in [-0.25, -0.2) is 8.42 Å². The van der Waals surface area contributed by atoms with E-state index in [0.29, 0.717) is 17.8 Å². The third kappa shape index (κ3) is 4.14. The van der Waals surface area contributed by atoms with Gasteiger partial charge in [-0.2, -0.15) is 0 Å². The fourth-order valence-electron chi connectivity index (χ4n) is 3.50. The number of aryl methyl sites for hydroxylation is 1. The van der Waals surface area contributed by atoms with Crippen LogP contribution in [0.25, 0.3) is 0 Å². The Morgan fingerprint density at radius 1 is 1.10 bits per heavy atom. The fourth-order valence-corrected chi connectivity index (χ4v) is 4.79. The highest BCUT2D eigenvalue weighted by atomic mass is 32.2. The van der Waals surface area contributed by atoms with Gasteiger partial charge in [0.15, 0.2) is 0 Å². The summed E-state index contributed by atoms with van der Waals surface area (Å²) in [6.07, 6.45) is 3.91. The van der Waals surface area contributed by atoms with Crippen LogP contribution in [-0.4, -0.2) is 25.9 Å². The molecule has 3 aromatic rings. The van der Waals surface area contributed by atoms with Crippen molar-refractivity contribution < 1.29 is 13.2 Å². The molecule has 0 saturated heterocycles. The largest absolute Gasteiger partial charge is 0.308 e. The second-order valence-electron chi connectivity index (χ2n) is 7.07. The Morgan fingerprint density at radius 3 is 2.62 bits per heavy atom. The number of hydrogen-bond acceptors (Lipinski definition) is 4. The Labute approximate surface area is 170 Å². The van der Waals surface area contributed by atoms with Gasteiger partial charge in [-0.05, 0) is 54.3 Å². The van der Waals surface area contributed by atoms with Crippen molar-refractivity contribution in [3.63, 3.8) is 0 Å². The summed E-state index contributed by atoms with van der Waals surface area (Å²) < 4.78 is 28.0. The number of benzene rings is 2. The van der Waals surface area contributed by atoms with Crippen LogP contribution < -0.4 is 9.62 Å². The van der Waals surface area contributed by atoms with E-state index in [4.69, 9.17) is 0 Å². The van der Waals surface area contributed by atoms with Gasteiger partial charge in [-0.3, -0.25) is 14.5 Å². The summed E-state index contributed by atoms with van der Waals surface area (Å²) in [6, 6.07) is 16.1. The molecule has 4 rings (SSSR count). The lowest BCUT2D eigenvalue weighted by Crippen LogP contribution is -2.29. The molecule has 1 aromatic heterocycles. The van der Waals surface area contributed by atoms with Gasteiger partial charge in [0.25, 0.3) is 5.91 Å². The number of sulfonamides is 1. The maximum absolute atomic E-state index is 12.8. The molecule has 29 heavy (non-hydrogen) atoms. The zero-order valence-electron chi connectivity index (χ0n) is 16.0. The smallest absolute Gasteiger partial charge is 0.258 e. The van der Waals surface area contributed by atoms with Gasteiger partial charge in [0.1, 0.15) is 0 Å². The Kier molecular flexibility index (Phi) is 5.07. The van der Waals surface area contributed by atoms with Crippen LogP contribution >= 0.6 is 0 Å². The molecule has 0 unspecified atom stereocenters. The molecule has 6 nitrogen and oxygen atoms in total. The van der Waals surface area contributed by atoms with Crippen LogP contribution in [-0.2, 0) is 22.2 Å². The number of hydrogen-bond donors (Lipinski definition) is 1. The van der Waals surface area contributed by atoms with Crippen molar-refractivity contribution in [1.82, 2.24) is 4.98 Å². The third-order valence-electron chi connectivity index (χ3n) is 5.03. The molecule has 7 heteroatoms. The average molecular weight is 407 g/mol. The highest BCUT2D eigenvalue weighted by Gasteiger charge is 2.26. The van der Waals surface area contributed by atoms with E-state index in [0.717, 1.165) is 28.8 Å². The maximum Gasteiger partial charge on any atom is 0.258 e. The van der Waals surface area contributed by atoms with Crippen molar-refractivity contribution in [3.8, 4) is 0 Å². The number of pyridine rings is 1. The first-order chi connectivity index (χ1) is 13.9. The molecule has 0 radical (unpaired) electrons. The lowest BCUT2D eigenvalue weighted by molar-refractivity contribution is 0.0989. The normalized spacial score (nSPS) is 13.2. The standard InChI is InChI=1S/C22H21N3O3S/c1-16-4-2-3-5-19(16)15-29(27,28)24-20-7-6-17-10-13-25(21(17)14-20)22(26)18-8-11-23-12-9-18/h2-9,11-12,14,24H,10,13,15H2,1H3. The number of nitrogens with one attached hydrogen (secondary N) is 1. The molecule has 0 atom stereocenters. The van der Waals surface area contributed by atoms with Crippen molar-refractivity contribution in [2.24, 2.45) is 0 Å². The summed E-state index contributed by atoms with van der Waals surface area (Å²) in [4.78, 5) is 18.5. The number of anilines is 2. The van der Waals surface area contributed by atoms with Gasteiger partial charge in [0.2, 0.25) is 10.0 Å². The summed E-state index contributed by atoms with van der Waals surface area (Å²) >= 11 is 0. The third-order valence-corrected chi connectivity index (χ3v) is 6.27. The summed E-state index contributed by atoms with van der Waals surface area (Å²) in [5, 5.41) is 0. The molecule has 1 aliphatic rings. The van der Waals surface area contributed by atoms with Crippen molar-refractivity contribution >= 4 is 27.3 Å². The van der Waals surface area contributed by atoms with E-state index >= 15 is 0 Å². The molecule has 2 aromatic carbocycles. The van der Waals surface area contributed by atoms with E-state index in [-0.39, 0.29) is 11.7 Å². The first kappa shape index (κ1) is 19.1. The average Bonchev–Trinajstić information content (AvgIpc) is 3.12. The van der Waals surface area contributed by atoms with Crippen molar-refractivity contribution in [1.29, 1.82) is 0 Å². The molecule has 1 N–H and O–H groups in total. The number of amides is 1. The molecular weight excluding hydrogens is 386 g/mol. The zero-order chi connectivity index (χ0) is 20.4. The van der Waals surface area contributed by atoms with Crippen LogP contribution in [0.1, 0.15) is 27.0 Å². The number of rotatable bonds is 5. The molecule has 0 fully saturated rings. The maximum atomic E-state index is 12.8. The number of fused-ring (bicyclic) bond motifs is 1. The molecule has 0 saturated carbocycles. The first-order valence-corrected chi connectivity index (χ1v) is 11.0. The van der Waals surface area contributed by atoms with Crippen molar-refractivity contribution in [2.75, 3.05) is 16.2 Å². The lowest BCUT2D eigenvalue weighted by Gasteiger charge is -2.18. The monoisotopic (exact) mass is 407 g/mol. The van der Waals surface area contributed by atoms with Crippen LogP contribution in [0.15, 0.2) is 67.0 Å². The predicted octanol–water partition coefficient (Wildman–Crippen LogP) is 3.53. The van der Waals surface area contributed by atoms with Crippen molar-refractivity contribution in [3.05, 3.63) is 89.2 Å². The fraction of sp³-hybridized carbons (Fsp3) is 0.182. The van der Waals surface area contributed by atoms with Crippen molar-refractivity contribution in [2.45, 2.75) is 19.1 Å². The van der Waals surface area contributed by atoms with Gasteiger partial charge in [-0.15, -0.1) is 0 Å². The highest BCUT2D eigenvalue weighted by molar-refractivity contribution is 7.91. The Hall–Kier alpha value is -3.19. The lowest BCUT2D eigenvalue weighted by atomic mass is 10.1. The quantitative estimate of drug-likeness (QED) is 0.702. The minimum absolute atomic E-state index is 0.101. The molecule has 0 aliphatic carbocycles. The van der Waals surface area contributed by atoms with Gasteiger partial charge in [-0.1, -0.05) is 30.3 Å². The molecule has 148 valence electrons. The first-order valence-electron chi connectivity index (χ1n) is 9.33. The molecular formula is C22H21N3O3S.